The van der Waals surface area contributed by atoms with Crippen LogP contribution in [0.3, 0.4) is 0 Å². The highest BCUT2D eigenvalue weighted by Gasteiger charge is 2.10. The number of anilines is 1. The van der Waals surface area contributed by atoms with Crippen LogP contribution in [0.1, 0.15) is 42.6 Å². The number of ketones is 1. The fraction of sp³-hybridized carbons (Fsp3) is 0.316. The number of rotatable bonds is 7. The molecule has 0 radical (unpaired) electrons. The van der Waals surface area contributed by atoms with E-state index in [-0.39, 0.29) is 5.78 Å². The van der Waals surface area contributed by atoms with E-state index in [1.165, 1.54) is 5.69 Å². The second kappa shape index (κ2) is 8.00. The van der Waals surface area contributed by atoms with Gasteiger partial charge in [-0.3, -0.25) is 4.79 Å². The smallest absolute Gasteiger partial charge is 0.193 e. The van der Waals surface area contributed by atoms with Crippen molar-refractivity contribution in [1.29, 1.82) is 0 Å². The number of benzene rings is 2. The van der Waals surface area contributed by atoms with Gasteiger partial charge in [0.1, 0.15) is 0 Å². The predicted octanol–water partition coefficient (Wildman–Crippen LogP) is 5.20. The van der Waals surface area contributed by atoms with E-state index in [4.69, 9.17) is 11.6 Å². The lowest BCUT2D eigenvalue weighted by molar-refractivity contribution is 0.103. The molecule has 0 bridgehead atoms. The second-order valence-corrected chi connectivity index (χ2v) is 5.81. The molecule has 0 aliphatic heterocycles. The summed E-state index contributed by atoms with van der Waals surface area (Å²) in [5, 5.41) is 0.640. The molecule has 0 aromatic heterocycles. The van der Waals surface area contributed by atoms with Crippen molar-refractivity contribution >= 4 is 23.1 Å². The maximum Gasteiger partial charge on any atom is 0.193 e. The lowest BCUT2D eigenvalue weighted by Gasteiger charge is -2.23. The Labute approximate surface area is 137 Å². The van der Waals surface area contributed by atoms with Gasteiger partial charge in [-0.1, -0.05) is 25.4 Å². The van der Waals surface area contributed by atoms with E-state index in [9.17, 15) is 4.79 Å². The molecular weight excluding hydrogens is 294 g/mol. The summed E-state index contributed by atoms with van der Waals surface area (Å²) in [5.74, 6) is 0.0285. The number of nitrogens with zero attached hydrogens (tertiary/aromatic N) is 1. The van der Waals surface area contributed by atoms with E-state index < -0.39 is 0 Å². The largest absolute Gasteiger partial charge is 0.372 e. The first-order valence-electron chi connectivity index (χ1n) is 7.81. The Morgan fingerprint density at radius 3 is 1.77 bits per heavy atom. The van der Waals surface area contributed by atoms with Gasteiger partial charge in [0, 0.05) is 34.9 Å². The van der Waals surface area contributed by atoms with Gasteiger partial charge in [-0.15, -0.1) is 0 Å². The minimum Gasteiger partial charge on any atom is -0.372 e. The highest BCUT2D eigenvalue weighted by atomic mass is 35.5. The molecule has 2 nitrogen and oxygen atoms in total. The molecule has 2 rings (SSSR count). The first kappa shape index (κ1) is 16.6. The van der Waals surface area contributed by atoms with Gasteiger partial charge in [0.2, 0.25) is 0 Å². The maximum atomic E-state index is 12.4. The van der Waals surface area contributed by atoms with E-state index in [1.807, 2.05) is 24.3 Å². The van der Waals surface area contributed by atoms with Crippen LogP contribution in [0.25, 0.3) is 0 Å². The fourth-order valence-corrected chi connectivity index (χ4v) is 2.63. The van der Waals surface area contributed by atoms with Gasteiger partial charge in [-0.25, -0.2) is 0 Å². The molecule has 2 aromatic carbocycles. The van der Waals surface area contributed by atoms with Crippen LogP contribution in [0.4, 0.5) is 5.69 Å². The van der Waals surface area contributed by atoms with Gasteiger partial charge in [-0.05, 0) is 61.4 Å². The van der Waals surface area contributed by atoms with Crippen molar-refractivity contribution in [3.8, 4) is 0 Å². The zero-order valence-corrected chi connectivity index (χ0v) is 13.9. The van der Waals surface area contributed by atoms with Gasteiger partial charge < -0.3 is 4.90 Å². The highest BCUT2D eigenvalue weighted by Crippen LogP contribution is 2.19. The van der Waals surface area contributed by atoms with Crippen molar-refractivity contribution < 1.29 is 4.79 Å². The van der Waals surface area contributed by atoms with Crippen molar-refractivity contribution in [3.05, 3.63) is 64.7 Å². The van der Waals surface area contributed by atoms with E-state index in [1.54, 1.807) is 24.3 Å². The Bertz CT molecular complexity index is 598. The van der Waals surface area contributed by atoms with Crippen molar-refractivity contribution in [1.82, 2.24) is 0 Å². The monoisotopic (exact) mass is 315 g/mol. The molecular formula is C19H22ClNO. The van der Waals surface area contributed by atoms with Gasteiger partial charge >= 0.3 is 0 Å². The summed E-state index contributed by atoms with van der Waals surface area (Å²) in [6.45, 7) is 6.44. The molecule has 0 aliphatic carbocycles. The number of hydrogen-bond donors (Lipinski definition) is 0. The Kier molecular flexibility index (Phi) is 6.02. The van der Waals surface area contributed by atoms with Crippen LogP contribution in [0.15, 0.2) is 48.5 Å². The van der Waals surface area contributed by atoms with Crippen LogP contribution in [0, 0.1) is 0 Å². The molecule has 0 heterocycles. The van der Waals surface area contributed by atoms with Crippen LogP contribution in [-0.2, 0) is 0 Å². The minimum absolute atomic E-state index is 0.0285. The number of hydrogen-bond acceptors (Lipinski definition) is 2. The van der Waals surface area contributed by atoms with Crippen LogP contribution in [-0.4, -0.2) is 18.9 Å². The van der Waals surface area contributed by atoms with Crippen molar-refractivity contribution in [2.75, 3.05) is 18.0 Å². The molecule has 0 amide bonds. The summed E-state index contributed by atoms with van der Waals surface area (Å²) in [6.07, 6.45) is 2.23. The Morgan fingerprint density at radius 2 is 1.32 bits per heavy atom. The van der Waals surface area contributed by atoms with Crippen LogP contribution >= 0.6 is 11.6 Å². The van der Waals surface area contributed by atoms with Gasteiger partial charge in [0.15, 0.2) is 5.78 Å². The third kappa shape index (κ3) is 4.11. The summed E-state index contributed by atoms with van der Waals surface area (Å²) in [4.78, 5) is 14.8. The molecule has 0 spiro atoms. The van der Waals surface area contributed by atoms with Crippen LogP contribution in [0.5, 0.6) is 0 Å². The molecule has 0 N–H and O–H groups in total. The second-order valence-electron chi connectivity index (χ2n) is 5.37. The van der Waals surface area contributed by atoms with Crippen molar-refractivity contribution in [2.45, 2.75) is 26.7 Å². The van der Waals surface area contributed by atoms with Gasteiger partial charge in [0.25, 0.3) is 0 Å². The highest BCUT2D eigenvalue weighted by molar-refractivity contribution is 6.30. The van der Waals surface area contributed by atoms with E-state index in [0.29, 0.717) is 16.1 Å². The molecule has 0 saturated carbocycles. The molecule has 0 fully saturated rings. The zero-order chi connectivity index (χ0) is 15.9. The molecule has 3 heteroatoms. The number of carbonyl (C=O) groups excluding carboxylic acids is 1. The Balaban J connectivity index is 2.17. The van der Waals surface area contributed by atoms with Gasteiger partial charge in [-0.2, -0.15) is 0 Å². The van der Waals surface area contributed by atoms with Crippen LogP contribution in [0.2, 0.25) is 5.02 Å². The predicted molar refractivity (Wildman–Crippen MR) is 94.1 cm³/mol. The lowest BCUT2D eigenvalue weighted by Crippen LogP contribution is -2.24. The minimum atomic E-state index is 0.0285. The van der Waals surface area contributed by atoms with Gasteiger partial charge in [0.05, 0.1) is 0 Å². The first-order chi connectivity index (χ1) is 10.7. The summed E-state index contributed by atoms with van der Waals surface area (Å²) in [7, 11) is 0. The Hall–Kier alpha value is -1.80. The average Bonchev–Trinajstić information content (AvgIpc) is 2.55. The molecule has 22 heavy (non-hydrogen) atoms. The summed E-state index contributed by atoms with van der Waals surface area (Å²) in [6, 6.07) is 14.9. The zero-order valence-electron chi connectivity index (χ0n) is 13.2. The van der Waals surface area contributed by atoms with Crippen LogP contribution < -0.4 is 4.90 Å². The summed E-state index contributed by atoms with van der Waals surface area (Å²) >= 11 is 5.86. The van der Waals surface area contributed by atoms with Crippen molar-refractivity contribution in [3.63, 3.8) is 0 Å². The quantitative estimate of drug-likeness (QED) is 0.655. The lowest BCUT2D eigenvalue weighted by atomic mass is 10.0. The maximum absolute atomic E-state index is 12.4. The number of halogens is 1. The molecule has 0 aliphatic rings. The topological polar surface area (TPSA) is 20.3 Å². The van der Waals surface area contributed by atoms with E-state index >= 15 is 0 Å². The van der Waals surface area contributed by atoms with E-state index in [0.717, 1.165) is 25.9 Å². The van der Waals surface area contributed by atoms with E-state index in [2.05, 4.69) is 18.7 Å². The normalized spacial score (nSPS) is 10.5. The fourth-order valence-electron chi connectivity index (χ4n) is 2.50. The Morgan fingerprint density at radius 1 is 0.864 bits per heavy atom. The summed E-state index contributed by atoms with van der Waals surface area (Å²) < 4.78 is 0. The third-order valence-electron chi connectivity index (χ3n) is 3.59. The standard InChI is InChI=1S/C19H22ClNO/c1-3-13-21(14-4-2)18-11-7-16(8-12-18)19(22)15-5-9-17(20)10-6-15/h5-12H,3-4,13-14H2,1-2H3. The molecule has 0 atom stereocenters. The van der Waals surface area contributed by atoms with Crippen molar-refractivity contribution in [2.24, 2.45) is 0 Å². The number of carbonyl (C=O) groups is 1. The molecule has 2 aromatic rings. The molecule has 0 saturated heterocycles. The average molecular weight is 316 g/mol. The third-order valence-corrected chi connectivity index (χ3v) is 3.84. The summed E-state index contributed by atoms with van der Waals surface area (Å²) in [5.41, 5.74) is 2.55. The first-order valence-corrected chi connectivity index (χ1v) is 8.18. The molecule has 0 unspecified atom stereocenters. The SMILES string of the molecule is CCCN(CCC)c1ccc(C(=O)c2ccc(Cl)cc2)cc1. The molecule has 116 valence electrons.